The summed E-state index contributed by atoms with van der Waals surface area (Å²) in [6.45, 7) is 2.68. The first-order chi connectivity index (χ1) is 15.7. The van der Waals surface area contributed by atoms with Crippen molar-refractivity contribution in [3.05, 3.63) is 53.0 Å². The Balaban J connectivity index is 1.45. The van der Waals surface area contributed by atoms with E-state index in [4.69, 9.17) is 4.98 Å². The highest BCUT2D eigenvalue weighted by Gasteiger charge is 2.29. The second kappa shape index (κ2) is 8.14. The van der Waals surface area contributed by atoms with Crippen molar-refractivity contribution in [3.8, 4) is 16.9 Å². The van der Waals surface area contributed by atoms with Gasteiger partial charge in [0.05, 0.1) is 23.3 Å². The lowest BCUT2D eigenvalue weighted by Crippen LogP contribution is -2.42. The summed E-state index contributed by atoms with van der Waals surface area (Å²) in [5.41, 5.74) is 3.60. The fraction of sp³-hybridized carbons (Fsp3) is 0.409. The third-order valence-electron chi connectivity index (χ3n) is 6.33. The summed E-state index contributed by atoms with van der Waals surface area (Å²) in [4.78, 5) is 9.18. The zero-order chi connectivity index (χ0) is 23.3. The van der Waals surface area contributed by atoms with Gasteiger partial charge in [0.15, 0.2) is 11.6 Å². The van der Waals surface area contributed by atoms with Crippen molar-refractivity contribution in [1.82, 2.24) is 24.1 Å². The van der Waals surface area contributed by atoms with Gasteiger partial charge in [0.1, 0.15) is 5.69 Å². The fourth-order valence-electron chi connectivity index (χ4n) is 4.60. The van der Waals surface area contributed by atoms with Crippen LogP contribution in [0, 0.1) is 18.6 Å². The molecule has 0 bridgehead atoms. The lowest BCUT2D eigenvalue weighted by Gasteiger charge is -2.30. The molecule has 1 aliphatic heterocycles. The number of piperidine rings is 1. The molecule has 0 atom stereocenters. The third kappa shape index (κ3) is 3.99. The van der Waals surface area contributed by atoms with Gasteiger partial charge in [-0.1, -0.05) is 6.07 Å². The number of nitrogens with zero attached hydrogens (tertiary/aromatic N) is 5. The molecular weight excluding hydrogens is 450 g/mol. The van der Waals surface area contributed by atoms with E-state index in [1.54, 1.807) is 13.1 Å². The molecule has 1 aromatic carbocycles. The molecule has 11 heteroatoms. The smallest absolute Gasteiger partial charge is 0.223 e. The summed E-state index contributed by atoms with van der Waals surface area (Å²) in [7, 11) is -3.19. The lowest BCUT2D eigenvalue weighted by molar-refractivity contribution is 0.331. The van der Waals surface area contributed by atoms with Crippen molar-refractivity contribution in [2.45, 2.75) is 38.6 Å². The topological polar surface area (TPSA) is 93.0 Å². The molecule has 3 aromatic rings. The summed E-state index contributed by atoms with van der Waals surface area (Å²) in [6.07, 6.45) is 5.63. The van der Waals surface area contributed by atoms with Gasteiger partial charge in [0, 0.05) is 30.9 Å². The summed E-state index contributed by atoms with van der Waals surface area (Å²) in [5, 5.41) is 7.83. The zero-order valence-corrected chi connectivity index (χ0v) is 19.2. The highest BCUT2D eigenvalue weighted by Crippen LogP contribution is 2.36. The van der Waals surface area contributed by atoms with Gasteiger partial charge < -0.3 is 5.32 Å². The Morgan fingerprint density at radius 2 is 1.82 bits per heavy atom. The van der Waals surface area contributed by atoms with Gasteiger partial charge in [-0.3, -0.25) is 0 Å². The van der Waals surface area contributed by atoms with Gasteiger partial charge >= 0.3 is 0 Å². The molecule has 1 aliphatic carbocycles. The molecule has 8 nitrogen and oxygen atoms in total. The van der Waals surface area contributed by atoms with E-state index in [9.17, 15) is 17.2 Å². The number of nitrogens with one attached hydrogen (secondary N) is 1. The second-order valence-electron chi connectivity index (χ2n) is 8.54. The van der Waals surface area contributed by atoms with E-state index >= 15 is 0 Å². The van der Waals surface area contributed by atoms with Crippen LogP contribution in [0.25, 0.3) is 16.9 Å². The molecule has 33 heavy (non-hydrogen) atoms. The average Bonchev–Trinajstić information content (AvgIpc) is 3.10. The molecule has 3 heterocycles. The molecule has 2 aliphatic rings. The summed E-state index contributed by atoms with van der Waals surface area (Å²) < 4.78 is 55.1. The van der Waals surface area contributed by atoms with Gasteiger partial charge in [-0.05, 0) is 50.3 Å². The molecule has 0 spiro atoms. The van der Waals surface area contributed by atoms with Gasteiger partial charge in [0.2, 0.25) is 16.0 Å². The van der Waals surface area contributed by atoms with Crippen LogP contribution in [-0.2, 0) is 22.9 Å². The van der Waals surface area contributed by atoms with E-state index in [1.807, 2.05) is 0 Å². The maximum Gasteiger partial charge on any atom is 0.223 e. The Morgan fingerprint density at radius 1 is 1.12 bits per heavy atom. The molecule has 1 fully saturated rings. The molecule has 1 N–H and O–H groups in total. The Kier molecular flexibility index (Phi) is 5.40. The Morgan fingerprint density at radius 3 is 2.48 bits per heavy atom. The summed E-state index contributed by atoms with van der Waals surface area (Å²) >= 11 is 0. The minimum absolute atomic E-state index is 0.0560. The highest BCUT2D eigenvalue weighted by molar-refractivity contribution is 7.88. The molecule has 174 valence electrons. The van der Waals surface area contributed by atoms with Crippen LogP contribution in [0.4, 0.5) is 14.7 Å². The maximum atomic E-state index is 14.4. The summed E-state index contributed by atoms with van der Waals surface area (Å²) in [6, 6.07) is 3.81. The number of sulfonamides is 1. The van der Waals surface area contributed by atoms with Crippen LogP contribution < -0.4 is 5.32 Å². The van der Waals surface area contributed by atoms with Crippen LogP contribution in [-0.4, -0.2) is 57.9 Å². The third-order valence-corrected chi connectivity index (χ3v) is 7.63. The summed E-state index contributed by atoms with van der Waals surface area (Å²) in [5.74, 6) is -0.907. The number of fused-ring (bicyclic) bond motifs is 3. The van der Waals surface area contributed by atoms with E-state index in [0.29, 0.717) is 56.1 Å². The highest BCUT2D eigenvalue weighted by atomic mass is 32.2. The number of para-hydroxylation sites is 1. The van der Waals surface area contributed by atoms with Crippen LogP contribution >= 0.6 is 0 Å². The number of benzene rings is 1. The van der Waals surface area contributed by atoms with Crippen molar-refractivity contribution in [3.63, 3.8) is 0 Å². The predicted octanol–water partition coefficient (Wildman–Crippen LogP) is 2.85. The molecule has 5 rings (SSSR count). The van der Waals surface area contributed by atoms with Crippen LogP contribution in [0.15, 0.2) is 24.4 Å². The normalized spacial score (nSPS) is 17.0. The van der Waals surface area contributed by atoms with Gasteiger partial charge in [-0.25, -0.2) is 36.2 Å². The number of hydrogen-bond acceptors (Lipinski definition) is 6. The number of anilines is 1. The van der Waals surface area contributed by atoms with Crippen LogP contribution in [0.2, 0.25) is 0 Å². The maximum absolute atomic E-state index is 14.4. The lowest BCUT2D eigenvalue weighted by atomic mass is 9.93. The molecule has 1 saturated heterocycles. The minimum atomic E-state index is -3.19. The van der Waals surface area contributed by atoms with E-state index < -0.39 is 21.7 Å². The number of hydrogen-bond donors (Lipinski definition) is 1. The Bertz CT molecular complexity index is 1310. The van der Waals surface area contributed by atoms with Crippen molar-refractivity contribution in [2.75, 3.05) is 24.7 Å². The van der Waals surface area contributed by atoms with Crippen LogP contribution in [0.5, 0.6) is 0 Å². The molecule has 0 saturated carbocycles. The first kappa shape index (κ1) is 21.9. The Labute approximate surface area is 190 Å². The molecular formula is C22H24F2N6O2S. The Hall–Kier alpha value is -2.92. The predicted molar refractivity (Wildman–Crippen MR) is 120 cm³/mol. The van der Waals surface area contributed by atoms with Gasteiger partial charge in [-0.2, -0.15) is 5.10 Å². The van der Waals surface area contributed by atoms with E-state index in [1.165, 1.54) is 33.4 Å². The van der Waals surface area contributed by atoms with Crippen LogP contribution in [0.3, 0.4) is 0 Å². The monoisotopic (exact) mass is 474 g/mol. The molecule has 0 amide bonds. The second-order valence-corrected chi connectivity index (χ2v) is 10.5. The largest absolute Gasteiger partial charge is 0.351 e. The van der Waals surface area contributed by atoms with E-state index in [2.05, 4.69) is 15.4 Å². The van der Waals surface area contributed by atoms with Crippen molar-refractivity contribution >= 4 is 16.0 Å². The molecule has 0 unspecified atom stereocenters. The molecule has 0 radical (unpaired) electrons. The van der Waals surface area contributed by atoms with E-state index in [-0.39, 0.29) is 11.7 Å². The minimum Gasteiger partial charge on any atom is -0.351 e. The van der Waals surface area contributed by atoms with Crippen molar-refractivity contribution in [1.29, 1.82) is 0 Å². The standard InChI is InChI=1S/C22H24F2N6O2S/c1-13-19-18(28-30(13)21-16(23)4-3-5-17(21)24)7-6-14-12-25-22(27-20(14)19)26-15-8-10-29(11-9-15)33(2,31)32/h3-5,12,15H,6-11H2,1-2H3,(H,25,26,27). The van der Waals surface area contributed by atoms with Gasteiger partial charge in [-0.15, -0.1) is 0 Å². The number of rotatable bonds is 4. The average molecular weight is 475 g/mol. The fourth-order valence-corrected chi connectivity index (χ4v) is 5.47. The molecule has 2 aromatic heterocycles. The van der Waals surface area contributed by atoms with Crippen molar-refractivity contribution in [2.24, 2.45) is 0 Å². The first-order valence-electron chi connectivity index (χ1n) is 10.8. The number of aromatic nitrogens is 4. The SMILES string of the molecule is Cc1c2c(nn1-c1c(F)cccc1F)CCc1cnc(NC3CCN(S(C)(=O)=O)CC3)nc1-2. The first-order valence-corrected chi connectivity index (χ1v) is 12.7. The van der Waals surface area contributed by atoms with Gasteiger partial charge in [0.25, 0.3) is 0 Å². The van der Waals surface area contributed by atoms with Crippen LogP contribution in [0.1, 0.15) is 29.8 Å². The number of halogens is 2. The zero-order valence-electron chi connectivity index (χ0n) is 18.3. The van der Waals surface area contributed by atoms with E-state index in [0.717, 1.165) is 16.8 Å². The van der Waals surface area contributed by atoms with Crippen molar-refractivity contribution < 1.29 is 17.2 Å². The number of aryl methyl sites for hydroxylation is 2. The quantitative estimate of drug-likeness (QED) is 0.625.